The minimum atomic E-state index is -0.884. The number of hydrogen-bond acceptors (Lipinski definition) is 6. The van der Waals surface area contributed by atoms with Gasteiger partial charge in [-0.25, -0.2) is 9.59 Å². The van der Waals surface area contributed by atoms with E-state index in [9.17, 15) is 14.4 Å². The Hall–Kier alpha value is -3.39. The summed E-state index contributed by atoms with van der Waals surface area (Å²) in [5, 5.41) is 17.5. The molecule has 0 spiro atoms. The lowest BCUT2D eigenvalue weighted by Gasteiger charge is -2.19. The largest absolute Gasteiger partial charge is 0.481 e. The second kappa shape index (κ2) is 12.4. The minimum Gasteiger partial charge on any atom is -0.481 e. The third-order valence-electron chi connectivity index (χ3n) is 6.28. The van der Waals surface area contributed by atoms with Gasteiger partial charge in [0, 0.05) is 25.9 Å². The first kappa shape index (κ1) is 26.2. The van der Waals surface area contributed by atoms with Crippen LogP contribution in [0, 0.1) is 5.92 Å². The van der Waals surface area contributed by atoms with Crippen LogP contribution in [0.1, 0.15) is 48.8 Å². The number of hydrogen-bond donors (Lipinski definition) is 2. The number of carbonyl (C=O) groups is 3. The van der Waals surface area contributed by atoms with Crippen LogP contribution in [0.3, 0.4) is 0 Å². The van der Waals surface area contributed by atoms with Crippen LogP contribution < -0.4 is 0 Å². The number of carboxylic acid groups (broad SMARTS) is 1. The smallest absolute Gasteiger partial charge is 0.409 e. The van der Waals surface area contributed by atoms with Crippen LogP contribution in [0.4, 0.5) is 4.79 Å². The van der Waals surface area contributed by atoms with Crippen molar-refractivity contribution in [1.29, 1.82) is 0 Å². The van der Waals surface area contributed by atoms with E-state index >= 15 is 0 Å². The second-order valence-electron chi connectivity index (χ2n) is 9.03. The first-order valence-corrected chi connectivity index (χ1v) is 11.9. The lowest BCUT2D eigenvalue weighted by atomic mass is 9.93. The van der Waals surface area contributed by atoms with Gasteiger partial charge >= 0.3 is 18.0 Å². The normalized spacial score (nSPS) is 14.5. The van der Waals surface area contributed by atoms with Crippen molar-refractivity contribution < 1.29 is 34.1 Å². The Morgan fingerprint density at radius 2 is 1.80 bits per heavy atom. The summed E-state index contributed by atoms with van der Waals surface area (Å²) in [6, 6.07) is 14.5. The molecule has 1 amide bonds. The van der Waals surface area contributed by atoms with E-state index in [1.165, 1.54) is 10.5 Å². The molecule has 0 aliphatic heterocycles. The highest BCUT2D eigenvalue weighted by atomic mass is 16.6. The molecule has 0 bridgehead atoms. The summed E-state index contributed by atoms with van der Waals surface area (Å²) in [5.74, 6) is -1.26. The number of nitrogens with zero attached hydrogens (tertiary/aromatic N) is 1. The van der Waals surface area contributed by atoms with Crippen LogP contribution in [0.5, 0.6) is 0 Å². The SMILES string of the molecule is C[C@H](CCOC(=O)CO)Cc1ccc2c(c1)-c1ccccc1C2COC(=O)N(C)CCCC(=O)O. The summed E-state index contributed by atoms with van der Waals surface area (Å²) in [5.41, 5.74) is 5.67. The number of aliphatic hydroxyl groups excluding tert-OH is 1. The molecule has 0 saturated heterocycles. The standard InChI is InChI=1S/C27H33NO7/c1-18(11-13-34-26(32)16-29)14-19-9-10-22-23(15-19)20-6-3-4-7-21(20)24(22)17-35-27(33)28(2)12-5-8-25(30)31/h3-4,6-7,9-10,15,18,24,29H,5,8,11-14,16-17H2,1-2H3,(H,30,31)/t18-,24?/m1/s1. The Balaban J connectivity index is 1.65. The molecule has 0 aromatic heterocycles. The van der Waals surface area contributed by atoms with E-state index in [4.69, 9.17) is 19.7 Å². The van der Waals surface area contributed by atoms with Crippen molar-refractivity contribution in [2.45, 2.75) is 38.5 Å². The number of fused-ring (bicyclic) bond motifs is 3. The summed E-state index contributed by atoms with van der Waals surface area (Å²) in [6.45, 7) is 2.31. The van der Waals surface area contributed by atoms with Gasteiger partial charge in [0.1, 0.15) is 13.2 Å². The highest BCUT2D eigenvalue weighted by Crippen LogP contribution is 2.45. The van der Waals surface area contributed by atoms with Crippen molar-refractivity contribution in [3.8, 4) is 11.1 Å². The monoisotopic (exact) mass is 483 g/mol. The molecule has 0 radical (unpaired) electrons. The van der Waals surface area contributed by atoms with Crippen molar-refractivity contribution in [1.82, 2.24) is 4.90 Å². The number of carboxylic acids is 1. The lowest BCUT2D eigenvalue weighted by Crippen LogP contribution is -2.30. The van der Waals surface area contributed by atoms with Crippen LogP contribution in [-0.2, 0) is 25.5 Å². The van der Waals surface area contributed by atoms with Crippen LogP contribution >= 0.6 is 0 Å². The lowest BCUT2D eigenvalue weighted by molar-refractivity contribution is -0.147. The van der Waals surface area contributed by atoms with Crippen LogP contribution in [0.25, 0.3) is 11.1 Å². The fourth-order valence-corrected chi connectivity index (χ4v) is 4.41. The predicted molar refractivity (Wildman–Crippen MR) is 130 cm³/mol. The van der Waals surface area contributed by atoms with E-state index in [1.807, 2.05) is 12.1 Å². The van der Waals surface area contributed by atoms with Crippen molar-refractivity contribution in [3.05, 3.63) is 59.2 Å². The van der Waals surface area contributed by atoms with Crippen LogP contribution in [0.15, 0.2) is 42.5 Å². The molecule has 35 heavy (non-hydrogen) atoms. The maximum atomic E-state index is 12.4. The average molecular weight is 484 g/mol. The number of aliphatic carboxylic acids is 1. The van der Waals surface area contributed by atoms with Gasteiger partial charge in [0.15, 0.2) is 0 Å². The molecule has 2 aromatic rings. The van der Waals surface area contributed by atoms with Gasteiger partial charge in [-0.1, -0.05) is 49.4 Å². The summed E-state index contributed by atoms with van der Waals surface area (Å²) < 4.78 is 10.6. The summed E-state index contributed by atoms with van der Waals surface area (Å²) in [7, 11) is 1.61. The van der Waals surface area contributed by atoms with Gasteiger partial charge in [-0.15, -0.1) is 0 Å². The quantitative estimate of drug-likeness (QED) is 0.441. The topological polar surface area (TPSA) is 113 Å². The molecule has 0 fully saturated rings. The number of rotatable bonds is 12. The first-order chi connectivity index (χ1) is 16.8. The summed E-state index contributed by atoms with van der Waals surface area (Å²) in [4.78, 5) is 35.6. The van der Waals surface area contributed by atoms with E-state index in [2.05, 4.69) is 37.3 Å². The molecule has 2 N–H and O–H groups in total. The molecule has 1 aliphatic carbocycles. The predicted octanol–water partition coefficient (Wildman–Crippen LogP) is 3.84. The zero-order chi connectivity index (χ0) is 25.4. The molecule has 1 unspecified atom stereocenters. The zero-order valence-corrected chi connectivity index (χ0v) is 20.2. The number of ether oxygens (including phenoxy) is 2. The van der Waals surface area contributed by atoms with Crippen LogP contribution in [-0.4, -0.2) is 66.6 Å². The third-order valence-corrected chi connectivity index (χ3v) is 6.28. The number of carbonyl (C=O) groups excluding carboxylic acids is 2. The van der Waals surface area contributed by atoms with Gasteiger partial charge in [0.25, 0.3) is 0 Å². The van der Waals surface area contributed by atoms with Crippen molar-refractivity contribution in [2.75, 3.05) is 33.4 Å². The van der Waals surface area contributed by atoms with Crippen LogP contribution in [0.2, 0.25) is 0 Å². The Kier molecular flexibility index (Phi) is 9.25. The van der Waals surface area contributed by atoms with E-state index in [1.54, 1.807) is 7.05 Å². The minimum absolute atomic E-state index is 0.00968. The fourth-order valence-electron chi connectivity index (χ4n) is 4.41. The maximum Gasteiger partial charge on any atom is 0.409 e. The Morgan fingerprint density at radius 1 is 1.06 bits per heavy atom. The second-order valence-corrected chi connectivity index (χ2v) is 9.03. The molecule has 188 valence electrons. The highest BCUT2D eigenvalue weighted by molar-refractivity contribution is 5.79. The third kappa shape index (κ3) is 7.05. The van der Waals surface area contributed by atoms with Gasteiger partial charge in [-0.2, -0.15) is 0 Å². The van der Waals surface area contributed by atoms with Gasteiger partial charge in [0.2, 0.25) is 0 Å². The Morgan fingerprint density at radius 3 is 2.54 bits per heavy atom. The molecule has 3 rings (SSSR count). The van der Waals surface area contributed by atoms with E-state index in [0.29, 0.717) is 25.3 Å². The molecular weight excluding hydrogens is 450 g/mol. The van der Waals surface area contributed by atoms with E-state index in [-0.39, 0.29) is 25.6 Å². The Labute approximate surface area is 205 Å². The average Bonchev–Trinajstić information content (AvgIpc) is 3.15. The number of esters is 1. The van der Waals surface area contributed by atoms with Gasteiger partial charge in [-0.05, 0) is 53.0 Å². The molecule has 8 heteroatoms. The van der Waals surface area contributed by atoms with Crippen molar-refractivity contribution >= 4 is 18.0 Å². The number of aliphatic hydroxyl groups is 1. The molecular formula is C27H33NO7. The van der Waals surface area contributed by atoms with Crippen molar-refractivity contribution in [2.24, 2.45) is 5.92 Å². The summed E-state index contributed by atoms with van der Waals surface area (Å²) in [6.07, 6.45) is 1.45. The number of benzene rings is 2. The van der Waals surface area contributed by atoms with Gasteiger partial charge in [0.05, 0.1) is 6.61 Å². The highest BCUT2D eigenvalue weighted by Gasteiger charge is 2.30. The molecule has 8 nitrogen and oxygen atoms in total. The molecule has 2 aromatic carbocycles. The van der Waals surface area contributed by atoms with Gasteiger partial charge in [-0.3, -0.25) is 4.79 Å². The maximum absolute atomic E-state index is 12.4. The zero-order valence-electron chi connectivity index (χ0n) is 20.2. The summed E-state index contributed by atoms with van der Waals surface area (Å²) >= 11 is 0. The molecule has 1 aliphatic rings. The molecule has 0 saturated carbocycles. The first-order valence-electron chi connectivity index (χ1n) is 11.9. The molecule has 0 heterocycles. The van der Waals surface area contributed by atoms with Gasteiger partial charge < -0.3 is 24.6 Å². The molecule has 2 atom stereocenters. The fraction of sp³-hybridized carbons (Fsp3) is 0.444. The Bertz CT molecular complexity index is 1050. The van der Waals surface area contributed by atoms with E-state index in [0.717, 1.165) is 28.7 Å². The van der Waals surface area contributed by atoms with Crippen molar-refractivity contribution in [3.63, 3.8) is 0 Å². The van der Waals surface area contributed by atoms with E-state index < -0.39 is 24.6 Å². The number of amides is 1.